The molecule has 0 aliphatic heterocycles. The fraction of sp³-hybridized carbons (Fsp3) is 0.0714. The van der Waals surface area contributed by atoms with Crippen molar-refractivity contribution in [2.45, 2.75) is 6.54 Å². The van der Waals surface area contributed by atoms with E-state index in [0.717, 1.165) is 0 Å². The number of pyridine rings is 1. The third-order valence-electron chi connectivity index (χ3n) is 2.86. The molecule has 0 fully saturated rings. The number of ketones is 1. The van der Waals surface area contributed by atoms with Crippen molar-refractivity contribution in [1.82, 2.24) is 0 Å². The van der Waals surface area contributed by atoms with Crippen molar-refractivity contribution in [1.29, 1.82) is 0 Å². The van der Waals surface area contributed by atoms with Crippen LogP contribution in [0.25, 0.3) is 0 Å². The number of halogens is 1. The molecule has 0 unspecified atom stereocenters. The van der Waals surface area contributed by atoms with Crippen LogP contribution in [0.2, 0.25) is 0 Å². The van der Waals surface area contributed by atoms with Gasteiger partial charge in [0.25, 0.3) is 5.69 Å². The minimum absolute atomic E-state index is 0. The van der Waals surface area contributed by atoms with Gasteiger partial charge >= 0.3 is 0 Å². The molecule has 8 heteroatoms. The molecule has 1 N–H and O–H groups in total. The van der Waals surface area contributed by atoms with Gasteiger partial charge in [0.2, 0.25) is 18.0 Å². The minimum Gasteiger partial charge on any atom is -1.00 e. The summed E-state index contributed by atoms with van der Waals surface area (Å²) in [5.74, 6) is -0.275. The van der Waals surface area contributed by atoms with Crippen LogP contribution in [-0.2, 0) is 6.54 Å². The maximum atomic E-state index is 12.2. The van der Waals surface area contributed by atoms with Crippen molar-refractivity contribution >= 4 is 17.7 Å². The summed E-state index contributed by atoms with van der Waals surface area (Å²) in [5.41, 5.74) is 0.669. The topological polar surface area (TPSA) is 96.7 Å². The maximum Gasteiger partial charge on any atom is 0.270 e. The second-order valence-corrected chi connectivity index (χ2v) is 4.23. The first kappa shape index (κ1) is 17.4. The Kier molecular flexibility index (Phi) is 6.33. The second kappa shape index (κ2) is 7.99. The SMILES string of the molecule is O=C(C[n+]1ccccc1C=NO)c1cccc([N+](=O)[O-])c1.[Br-]. The van der Waals surface area contributed by atoms with Crippen molar-refractivity contribution < 1.29 is 36.5 Å². The average Bonchev–Trinajstić information content (AvgIpc) is 2.49. The highest BCUT2D eigenvalue weighted by Crippen LogP contribution is 2.13. The molecular formula is C14H12BrN3O4. The highest BCUT2D eigenvalue weighted by atomic mass is 79.9. The molecule has 0 aliphatic rings. The van der Waals surface area contributed by atoms with E-state index in [-0.39, 0.29) is 40.6 Å². The number of hydrogen-bond acceptors (Lipinski definition) is 5. The smallest absolute Gasteiger partial charge is 0.270 e. The fourth-order valence-corrected chi connectivity index (χ4v) is 1.85. The number of Topliss-reactive ketones (excluding diaryl/α,β-unsaturated/α-hetero) is 1. The molecule has 7 nitrogen and oxygen atoms in total. The van der Waals surface area contributed by atoms with Crippen LogP contribution < -0.4 is 21.5 Å². The molecule has 0 atom stereocenters. The maximum absolute atomic E-state index is 12.2. The normalized spacial score (nSPS) is 10.2. The van der Waals surface area contributed by atoms with Crippen LogP contribution in [-0.4, -0.2) is 22.1 Å². The summed E-state index contributed by atoms with van der Waals surface area (Å²) < 4.78 is 1.58. The Labute approximate surface area is 136 Å². The van der Waals surface area contributed by atoms with Gasteiger partial charge in [-0.3, -0.25) is 14.9 Å². The Balaban J connectivity index is 0.00000242. The lowest BCUT2D eigenvalue weighted by molar-refractivity contribution is -0.684. The third kappa shape index (κ3) is 4.19. The number of carbonyl (C=O) groups is 1. The fourth-order valence-electron chi connectivity index (χ4n) is 1.85. The largest absolute Gasteiger partial charge is 1.00 e. The van der Waals surface area contributed by atoms with Crippen molar-refractivity contribution in [3.05, 3.63) is 70.0 Å². The zero-order chi connectivity index (χ0) is 15.2. The Morgan fingerprint density at radius 1 is 1.32 bits per heavy atom. The minimum atomic E-state index is -0.545. The number of nitrogens with zero attached hydrogens (tertiary/aromatic N) is 3. The van der Waals surface area contributed by atoms with E-state index in [9.17, 15) is 14.9 Å². The summed E-state index contributed by atoms with van der Waals surface area (Å²) in [5, 5.41) is 22.2. The molecule has 0 bridgehead atoms. The molecular weight excluding hydrogens is 354 g/mol. The van der Waals surface area contributed by atoms with Crippen molar-refractivity contribution in [2.75, 3.05) is 0 Å². The highest BCUT2D eigenvalue weighted by molar-refractivity contribution is 5.95. The average molecular weight is 366 g/mol. The lowest BCUT2D eigenvalue weighted by Gasteiger charge is -2.00. The standard InChI is InChI=1S/C14H11N3O4.BrH/c18-14(11-4-3-6-12(8-11)17(20)21)10-16-7-2-1-5-13(16)9-15-19;/h1-9H,10H2;1H. The number of oxime groups is 1. The number of carbonyl (C=O) groups excluding carboxylic acids is 1. The first-order valence-corrected chi connectivity index (χ1v) is 6.05. The number of hydrogen-bond donors (Lipinski definition) is 1. The Hall–Kier alpha value is -2.61. The van der Waals surface area contributed by atoms with Gasteiger partial charge in [-0.15, -0.1) is 0 Å². The molecule has 0 amide bonds. The quantitative estimate of drug-likeness (QED) is 0.175. The molecule has 22 heavy (non-hydrogen) atoms. The van der Waals surface area contributed by atoms with Crippen LogP contribution in [0.3, 0.4) is 0 Å². The van der Waals surface area contributed by atoms with Crippen LogP contribution >= 0.6 is 0 Å². The van der Waals surface area contributed by atoms with E-state index in [1.807, 2.05) is 0 Å². The summed E-state index contributed by atoms with van der Waals surface area (Å²) in [6.07, 6.45) is 2.87. The first-order valence-electron chi connectivity index (χ1n) is 6.05. The number of aromatic nitrogens is 1. The van der Waals surface area contributed by atoms with Gasteiger partial charge in [0, 0.05) is 29.8 Å². The van der Waals surface area contributed by atoms with E-state index in [1.54, 1.807) is 29.0 Å². The predicted molar refractivity (Wildman–Crippen MR) is 73.4 cm³/mol. The second-order valence-electron chi connectivity index (χ2n) is 4.23. The van der Waals surface area contributed by atoms with Crippen molar-refractivity contribution in [3.63, 3.8) is 0 Å². The van der Waals surface area contributed by atoms with E-state index in [2.05, 4.69) is 5.16 Å². The molecule has 0 saturated heterocycles. The molecule has 0 spiro atoms. The van der Waals surface area contributed by atoms with Gasteiger partial charge in [-0.05, 0) is 6.07 Å². The first-order chi connectivity index (χ1) is 10.1. The highest BCUT2D eigenvalue weighted by Gasteiger charge is 2.17. The lowest BCUT2D eigenvalue weighted by Crippen LogP contribution is -3.00. The number of rotatable bonds is 5. The van der Waals surface area contributed by atoms with E-state index < -0.39 is 4.92 Å². The van der Waals surface area contributed by atoms with Crippen LogP contribution in [0.5, 0.6) is 0 Å². The molecule has 114 valence electrons. The molecule has 0 radical (unpaired) electrons. The van der Waals surface area contributed by atoms with Crippen molar-refractivity contribution in [3.8, 4) is 0 Å². The predicted octanol–water partition coefficient (Wildman–Crippen LogP) is -1.42. The van der Waals surface area contributed by atoms with Crippen LogP contribution in [0.1, 0.15) is 16.1 Å². The van der Waals surface area contributed by atoms with Crippen molar-refractivity contribution in [2.24, 2.45) is 5.16 Å². The molecule has 2 aromatic rings. The van der Waals surface area contributed by atoms with Crippen LogP contribution in [0, 0.1) is 10.1 Å². The van der Waals surface area contributed by atoms with E-state index in [1.165, 1.54) is 30.5 Å². The number of nitro benzene ring substituents is 1. The van der Waals surface area contributed by atoms with Crippen LogP contribution in [0.15, 0.2) is 53.8 Å². The summed E-state index contributed by atoms with van der Waals surface area (Å²) in [4.78, 5) is 22.4. The van der Waals surface area contributed by atoms with E-state index in [0.29, 0.717) is 5.69 Å². The lowest BCUT2D eigenvalue weighted by atomic mass is 10.1. The summed E-state index contributed by atoms with van der Waals surface area (Å²) in [6.45, 7) is -0.0106. The van der Waals surface area contributed by atoms with Gasteiger partial charge in [-0.2, -0.15) is 4.57 Å². The van der Waals surface area contributed by atoms with E-state index >= 15 is 0 Å². The Morgan fingerprint density at radius 3 is 2.77 bits per heavy atom. The Bertz CT molecular complexity index is 719. The molecule has 1 aromatic heterocycles. The zero-order valence-electron chi connectivity index (χ0n) is 11.3. The van der Waals surface area contributed by atoms with Gasteiger partial charge in [0.05, 0.1) is 4.92 Å². The summed E-state index contributed by atoms with van der Waals surface area (Å²) in [6, 6.07) is 10.7. The van der Waals surface area contributed by atoms with Crippen LogP contribution in [0.4, 0.5) is 5.69 Å². The number of benzene rings is 1. The van der Waals surface area contributed by atoms with Gasteiger partial charge in [-0.25, -0.2) is 0 Å². The monoisotopic (exact) mass is 365 g/mol. The summed E-state index contributed by atoms with van der Waals surface area (Å²) in [7, 11) is 0. The van der Waals surface area contributed by atoms with Gasteiger partial charge in [0.1, 0.15) is 6.21 Å². The van der Waals surface area contributed by atoms with E-state index in [4.69, 9.17) is 5.21 Å². The Morgan fingerprint density at radius 2 is 2.09 bits per heavy atom. The number of non-ortho nitro benzene ring substituents is 1. The molecule has 1 aromatic carbocycles. The molecule has 0 saturated carbocycles. The van der Waals surface area contributed by atoms with Gasteiger partial charge in [0.15, 0.2) is 6.20 Å². The third-order valence-corrected chi connectivity index (χ3v) is 2.86. The van der Waals surface area contributed by atoms with Gasteiger partial charge < -0.3 is 22.2 Å². The molecule has 2 rings (SSSR count). The zero-order valence-corrected chi connectivity index (χ0v) is 12.9. The van der Waals surface area contributed by atoms with Gasteiger partial charge in [-0.1, -0.05) is 17.3 Å². The summed E-state index contributed by atoms with van der Waals surface area (Å²) >= 11 is 0. The molecule has 0 aliphatic carbocycles. The number of nitro groups is 1. The molecule has 1 heterocycles.